The molecule has 0 unspecified atom stereocenters. The third-order valence-electron chi connectivity index (χ3n) is 33.3. The lowest BCUT2D eigenvalue weighted by atomic mass is 9.67. The summed E-state index contributed by atoms with van der Waals surface area (Å²) in [6, 6.07) is 143. The van der Waals surface area contributed by atoms with E-state index in [9.17, 15) is 0 Å². The van der Waals surface area contributed by atoms with E-state index in [0.717, 1.165) is 192 Å². The summed E-state index contributed by atoms with van der Waals surface area (Å²) >= 11 is 0. The van der Waals surface area contributed by atoms with Crippen molar-refractivity contribution in [2.45, 2.75) is 113 Å². The molecular formula is C135H95N9O3. The second-order valence-corrected chi connectivity index (χ2v) is 41.3. The number of benzene rings is 18. The van der Waals surface area contributed by atoms with Gasteiger partial charge in [-0.15, -0.1) is 0 Å². The van der Waals surface area contributed by atoms with Gasteiger partial charge in [0.05, 0.1) is 0 Å². The minimum Gasteiger partial charge on any atom is -0.456 e. The highest BCUT2D eigenvalue weighted by molar-refractivity contribution is 6.12. The second kappa shape index (κ2) is 33.8. The largest absolute Gasteiger partial charge is 0.456 e. The zero-order chi connectivity index (χ0) is 96.6. The summed E-state index contributed by atoms with van der Waals surface area (Å²) in [5.41, 5.74) is 41.1. The van der Waals surface area contributed by atoms with Crippen LogP contribution in [0.15, 0.2) is 408 Å². The Morgan fingerprint density at radius 1 is 0.143 bits per heavy atom. The molecule has 0 aliphatic heterocycles. The number of aromatic nitrogens is 9. The van der Waals surface area contributed by atoms with Crippen molar-refractivity contribution in [3.05, 3.63) is 428 Å². The number of fused-ring (bicyclic) bond motifs is 24. The van der Waals surface area contributed by atoms with Gasteiger partial charge in [0, 0.05) is 98.6 Å². The molecule has 12 nitrogen and oxygen atoms in total. The highest BCUT2D eigenvalue weighted by atomic mass is 16.3. The van der Waals surface area contributed by atoms with E-state index in [1.165, 1.54) is 143 Å². The maximum atomic E-state index is 6.50. The zero-order valence-electron chi connectivity index (χ0n) is 80.9. The molecule has 0 atom stereocenters. The fourth-order valence-electron chi connectivity index (χ4n) is 26.1. The van der Waals surface area contributed by atoms with Gasteiger partial charge in [0.1, 0.15) is 33.5 Å². The summed E-state index contributed by atoms with van der Waals surface area (Å²) in [4.78, 5) is 47.8. The van der Waals surface area contributed by atoms with Crippen LogP contribution >= 0.6 is 0 Å². The van der Waals surface area contributed by atoms with Crippen LogP contribution in [0.5, 0.6) is 0 Å². The fourth-order valence-corrected chi connectivity index (χ4v) is 26.1. The van der Waals surface area contributed by atoms with Crippen LogP contribution in [0.1, 0.15) is 130 Å². The van der Waals surface area contributed by atoms with Gasteiger partial charge in [-0.2, -0.15) is 0 Å². The molecule has 30 rings (SSSR count). The molecule has 0 N–H and O–H groups in total. The van der Waals surface area contributed by atoms with E-state index in [2.05, 4.69) is 315 Å². The molecule has 698 valence electrons. The van der Waals surface area contributed by atoms with Gasteiger partial charge in [0.2, 0.25) is 0 Å². The Hall–Kier alpha value is -17.6. The molecule has 0 radical (unpaired) electrons. The van der Waals surface area contributed by atoms with E-state index in [-0.39, 0.29) is 16.2 Å². The molecular weight excluding hydrogens is 1800 g/mol. The van der Waals surface area contributed by atoms with E-state index in [1.54, 1.807) is 0 Å². The van der Waals surface area contributed by atoms with Gasteiger partial charge in [0.25, 0.3) is 0 Å². The van der Waals surface area contributed by atoms with Gasteiger partial charge in [-0.25, -0.2) is 44.9 Å². The van der Waals surface area contributed by atoms with Crippen molar-refractivity contribution in [3.8, 4) is 192 Å². The van der Waals surface area contributed by atoms with Crippen molar-refractivity contribution in [1.82, 2.24) is 44.9 Å². The number of hydrogen-bond donors (Lipinski definition) is 0. The normalized spacial score (nSPS) is 15.0. The van der Waals surface area contributed by atoms with Crippen LogP contribution in [0.2, 0.25) is 0 Å². The number of para-hydroxylation sites is 3. The Labute approximate surface area is 849 Å². The van der Waals surface area contributed by atoms with Gasteiger partial charge >= 0.3 is 0 Å². The smallest absolute Gasteiger partial charge is 0.164 e. The van der Waals surface area contributed by atoms with E-state index in [0.29, 0.717) is 52.4 Å². The molecule has 3 fully saturated rings. The first-order chi connectivity index (χ1) is 72.6. The molecule has 0 amide bonds. The first kappa shape index (κ1) is 85.0. The van der Waals surface area contributed by atoms with Crippen molar-refractivity contribution in [2.75, 3.05) is 0 Å². The molecule has 18 aromatic carbocycles. The number of nitrogens with zero attached hydrogens (tertiary/aromatic N) is 9. The fraction of sp³-hybridized carbons (Fsp3) is 0.133. The lowest BCUT2D eigenvalue weighted by molar-refractivity contribution is 0.353. The number of rotatable bonds is 14. The highest BCUT2D eigenvalue weighted by Crippen LogP contribution is 2.61. The molecule has 3 spiro atoms. The van der Waals surface area contributed by atoms with Crippen LogP contribution in [-0.4, -0.2) is 44.9 Å². The Kier molecular flexibility index (Phi) is 19.5. The van der Waals surface area contributed by atoms with Crippen LogP contribution in [0.3, 0.4) is 0 Å². The average molecular weight is 1890 g/mol. The minimum absolute atomic E-state index is 0.0420. The highest BCUT2D eigenvalue weighted by Gasteiger charge is 2.48. The maximum Gasteiger partial charge on any atom is 0.164 e. The third-order valence-corrected chi connectivity index (χ3v) is 33.3. The molecule has 0 bridgehead atoms. The molecule has 0 saturated heterocycles. The third kappa shape index (κ3) is 14.0. The van der Waals surface area contributed by atoms with Crippen molar-refractivity contribution in [1.29, 1.82) is 0 Å². The van der Waals surface area contributed by atoms with Gasteiger partial charge < -0.3 is 13.3 Å². The summed E-state index contributed by atoms with van der Waals surface area (Å²) < 4.78 is 19.2. The van der Waals surface area contributed by atoms with Gasteiger partial charge in [-0.1, -0.05) is 361 Å². The van der Waals surface area contributed by atoms with E-state index < -0.39 is 0 Å². The summed E-state index contributed by atoms with van der Waals surface area (Å²) in [5.74, 6) is 5.34. The molecule has 147 heavy (non-hydrogen) atoms. The Morgan fingerprint density at radius 2 is 0.429 bits per heavy atom. The monoisotopic (exact) mass is 1890 g/mol. The van der Waals surface area contributed by atoms with Crippen molar-refractivity contribution in [3.63, 3.8) is 0 Å². The molecule has 24 aromatic rings. The van der Waals surface area contributed by atoms with E-state index >= 15 is 0 Å². The summed E-state index contributed by atoms with van der Waals surface area (Å²) in [6.07, 6.45) is 18.0. The lowest BCUT2D eigenvalue weighted by Crippen LogP contribution is -2.28. The molecule has 12 heteroatoms. The summed E-state index contributed by atoms with van der Waals surface area (Å²) in [5, 5.41) is 6.19. The zero-order valence-corrected chi connectivity index (χ0v) is 80.9. The predicted octanol–water partition coefficient (Wildman–Crippen LogP) is 35.0. The number of hydrogen-bond acceptors (Lipinski definition) is 12. The quantitative estimate of drug-likeness (QED) is 0.102. The summed E-state index contributed by atoms with van der Waals surface area (Å²) in [7, 11) is 0. The van der Waals surface area contributed by atoms with Crippen molar-refractivity contribution >= 4 is 65.8 Å². The van der Waals surface area contributed by atoms with Crippen LogP contribution in [0.25, 0.3) is 257 Å². The molecule has 6 aliphatic rings. The first-order valence-electron chi connectivity index (χ1n) is 52.1. The topological polar surface area (TPSA) is 155 Å². The van der Waals surface area contributed by atoms with Gasteiger partial charge in [-0.3, -0.25) is 0 Å². The molecule has 3 saturated carbocycles. The molecule has 6 heterocycles. The molecule has 6 aliphatic carbocycles. The van der Waals surface area contributed by atoms with Crippen LogP contribution in [0.4, 0.5) is 0 Å². The molecule has 6 aromatic heterocycles. The first-order valence-corrected chi connectivity index (χ1v) is 52.1. The Morgan fingerprint density at radius 3 is 0.932 bits per heavy atom. The van der Waals surface area contributed by atoms with E-state index in [1.807, 2.05) is 78.9 Å². The lowest BCUT2D eigenvalue weighted by Gasteiger charge is -2.36. The average Bonchev–Trinajstić information content (AvgIpc) is 1.60. The van der Waals surface area contributed by atoms with Gasteiger partial charge in [0.15, 0.2) is 52.4 Å². The second-order valence-electron chi connectivity index (χ2n) is 41.3. The predicted molar refractivity (Wildman–Crippen MR) is 592 cm³/mol. The van der Waals surface area contributed by atoms with E-state index in [4.69, 9.17) is 58.1 Å². The van der Waals surface area contributed by atoms with Crippen molar-refractivity contribution in [2.24, 2.45) is 0 Å². The summed E-state index contributed by atoms with van der Waals surface area (Å²) in [6.45, 7) is 0. The van der Waals surface area contributed by atoms with Gasteiger partial charge in [-0.05, 0) is 252 Å². The van der Waals surface area contributed by atoms with Crippen LogP contribution < -0.4 is 0 Å². The van der Waals surface area contributed by atoms with Crippen LogP contribution in [0, 0.1) is 0 Å². The van der Waals surface area contributed by atoms with Crippen molar-refractivity contribution < 1.29 is 13.3 Å². The SMILES string of the molecule is c1ccc(-c2nc(-c3ccc(-c4ccc5c(c4)-c4cc(-c6ccc(-c7nc(-c8ccc(-c9ccc%10c(c9)-c9ccc(-c%11cccc(-c%12nc(-c%13ccc(-c%14ccc%15c(c%14)-c%14ccccc%14C%15%14CCCCC%14)cc%13)nc(-c%13ccc%14c(c%13)oc%13ccccc%13%14)n%12)c%11)cc9C%109CCCCC9)cc8)nc(-c8ccc9oc%10ccccc%10c9c8)n7)cc6)ccc4C54CCCCC4)cc3)nc(-c3cccc4oc5ccccc5c34)n2)cc1. The minimum atomic E-state index is -0.117. The van der Waals surface area contributed by atoms with Crippen LogP contribution in [-0.2, 0) is 16.2 Å². The standard InChI is InChI=1S/C135H95N9O3/c1-5-23-85(24-6-1)124-136-128(144-132(143-124)105-31-22-36-121-123(105)104-30-10-14-35-119(104)146-121)89-51-43-84(44-52-89)94-58-65-115-109(77-94)108-76-93(57-64-114(108)134(115)69-17-3-18-70-134)83-41-47-87(48-42-83)126-137-125(139-130(140-126)97-59-66-120-110(78-97)102-29-9-13-34-118(102)145-120)86-45-37-82(38-46-86)92-56-63-113-107(75-92)100-60-53-95(79-116(100)135(113)71-19-4-20-72-135)90-25-21-26-96(73-90)129-138-127(141-131(142-129)98-54-61-103-101-28-8-12-33-117(101)147-122(103)80-98)88-49-39-81(40-50-88)91-55-62-112-106(74-91)99-27-7-11-32-111(99)133(112)67-15-2-16-68-133/h1,5-14,21-66,73-80H,2-4,15-20,67-72H2. The Bertz CT molecular complexity index is 9530. The Balaban J connectivity index is 0.459. The number of furan rings is 3. The maximum absolute atomic E-state index is 6.50.